The lowest BCUT2D eigenvalue weighted by molar-refractivity contribution is 0.163. The molecular formula is C15H17FN6O. The Morgan fingerprint density at radius 2 is 1.91 bits per heavy atom. The smallest absolute Gasteiger partial charge is 0.180 e. The summed E-state index contributed by atoms with van der Waals surface area (Å²) < 4.78 is 14.7. The van der Waals surface area contributed by atoms with Crippen LogP contribution in [0.5, 0.6) is 0 Å². The second-order valence-corrected chi connectivity index (χ2v) is 5.03. The molecule has 0 bridgehead atoms. The highest BCUT2D eigenvalue weighted by molar-refractivity contribution is 5.47. The fourth-order valence-electron chi connectivity index (χ4n) is 2.16. The average Bonchev–Trinajstić information content (AvgIpc) is 3.21. The number of aliphatic hydroxyl groups is 1. The highest BCUT2D eigenvalue weighted by Crippen LogP contribution is 2.19. The van der Waals surface area contributed by atoms with Crippen LogP contribution in [0.15, 0.2) is 30.5 Å². The summed E-state index contributed by atoms with van der Waals surface area (Å²) >= 11 is 0. The van der Waals surface area contributed by atoms with Crippen molar-refractivity contribution >= 4 is 0 Å². The normalized spacial score (nSPS) is 12.5. The molecule has 0 saturated carbocycles. The zero-order valence-electron chi connectivity index (χ0n) is 12.9. The van der Waals surface area contributed by atoms with Gasteiger partial charge in [0.05, 0.1) is 11.9 Å². The monoisotopic (exact) mass is 316 g/mol. The molecule has 1 atom stereocenters. The van der Waals surface area contributed by atoms with E-state index in [1.165, 1.54) is 16.9 Å². The summed E-state index contributed by atoms with van der Waals surface area (Å²) in [6.07, 6.45) is 1.41. The van der Waals surface area contributed by atoms with Crippen LogP contribution < -0.4 is 0 Å². The molecule has 8 heteroatoms. The van der Waals surface area contributed by atoms with Crippen molar-refractivity contribution in [3.8, 4) is 17.2 Å². The first-order chi connectivity index (χ1) is 11.1. The van der Waals surface area contributed by atoms with Gasteiger partial charge in [-0.25, -0.2) is 14.1 Å². The second kappa shape index (κ2) is 6.25. The van der Waals surface area contributed by atoms with Gasteiger partial charge in [-0.15, -0.1) is 5.10 Å². The first-order valence-electron chi connectivity index (χ1n) is 7.43. The Morgan fingerprint density at radius 3 is 2.57 bits per heavy atom. The van der Waals surface area contributed by atoms with Crippen LogP contribution in [0.2, 0.25) is 0 Å². The average molecular weight is 316 g/mol. The predicted octanol–water partition coefficient (Wildman–Crippen LogP) is 2.13. The first-order valence-corrected chi connectivity index (χ1v) is 7.43. The number of rotatable bonds is 5. The van der Waals surface area contributed by atoms with Crippen LogP contribution in [0.25, 0.3) is 17.2 Å². The third kappa shape index (κ3) is 2.98. The van der Waals surface area contributed by atoms with E-state index in [0.717, 1.165) is 0 Å². The maximum absolute atomic E-state index is 13.0. The van der Waals surface area contributed by atoms with Crippen LogP contribution in [0.3, 0.4) is 0 Å². The van der Waals surface area contributed by atoms with Crippen molar-refractivity contribution in [3.63, 3.8) is 0 Å². The van der Waals surface area contributed by atoms with Crippen LogP contribution in [0.4, 0.5) is 4.39 Å². The Labute approximate surface area is 132 Å². The van der Waals surface area contributed by atoms with E-state index in [1.807, 2.05) is 13.8 Å². The molecule has 0 spiro atoms. The fraction of sp³-hybridized carbons (Fsp3) is 0.333. The molecule has 1 aromatic carbocycles. The van der Waals surface area contributed by atoms with E-state index >= 15 is 0 Å². The van der Waals surface area contributed by atoms with Gasteiger partial charge in [-0.1, -0.05) is 6.92 Å². The molecule has 0 aliphatic rings. The molecule has 2 aromatic heterocycles. The molecule has 2 heterocycles. The van der Waals surface area contributed by atoms with Gasteiger partial charge >= 0.3 is 0 Å². The first kappa shape index (κ1) is 15.3. The lowest BCUT2D eigenvalue weighted by Crippen LogP contribution is -2.02. The SMILES string of the molecule is CCC(O)c1nc(-c2cnn(-c3ccc(F)cc3)n2)n(CC)n1. The number of aromatic nitrogens is 6. The van der Waals surface area contributed by atoms with Gasteiger partial charge in [-0.2, -0.15) is 15.0 Å². The van der Waals surface area contributed by atoms with Crippen LogP contribution in [-0.2, 0) is 6.54 Å². The Balaban J connectivity index is 1.96. The van der Waals surface area contributed by atoms with Crippen LogP contribution in [0.1, 0.15) is 32.2 Å². The van der Waals surface area contributed by atoms with E-state index in [-0.39, 0.29) is 5.82 Å². The fourth-order valence-corrected chi connectivity index (χ4v) is 2.16. The van der Waals surface area contributed by atoms with Crippen LogP contribution in [-0.4, -0.2) is 34.9 Å². The third-order valence-electron chi connectivity index (χ3n) is 3.45. The van der Waals surface area contributed by atoms with E-state index in [0.29, 0.717) is 36.0 Å². The Bertz CT molecular complexity index is 795. The van der Waals surface area contributed by atoms with Crippen molar-refractivity contribution in [2.75, 3.05) is 0 Å². The quantitative estimate of drug-likeness (QED) is 0.780. The number of hydrogen-bond donors (Lipinski definition) is 1. The summed E-state index contributed by atoms with van der Waals surface area (Å²) in [5.74, 6) is 0.606. The molecule has 3 aromatic rings. The van der Waals surface area contributed by atoms with Gasteiger partial charge in [-0.3, -0.25) is 0 Å². The Morgan fingerprint density at radius 1 is 1.17 bits per heavy atom. The highest BCUT2D eigenvalue weighted by atomic mass is 19.1. The van der Waals surface area contributed by atoms with E-state index in [1.54, 1.807) is 23.0 Å². The zero-order chi connectivity index (χ0) is 16.4. The van der Waals surface area contributed by atoms with Gasteiger partial charge in [0.2, 0.25) is 0 Å². The van der Waals surface area contributed by atoms with Crippen molar-refractivity contribution in [2.24, 2.45) is 0 Å². The van der Waals surface area contributed by atoms with E-state index in [4.69, 9.17) is 0 Å². The molecular weight excluding hydrogens is 299 g/mol. The van der Waals surface area contributed by atoms with Crippen molar-refractivity contribution in [3.05, 3.63) is 42.1 Å². The molecule has 23 heavy (non-hydrogen) atoms. The summed E-state index contributed by atoms with van der Waals surface area (Å²) in [5.41, 5.74) is 1.19. The maximum Gasteiger partial charge on any atom is 0.180 e. The standard InChI is InChI=1S/C15H17FN6O/c1-3-13(23)14-18-15(21(4-2)20-14)12-9-17-22(19-12)11-7-5-10(16)6-8-11/h5-9,13,23H,3-4H2,1-2H3. The molecule has 0 amide bonds. The molecule has 120 valence electrons. The van der Waals surface area contributed by atoms with Crippen molar-refractivity contribution in [2.45, 2.75) is 32.9 Å². The molecule has 0 aliphatic heterocycles. The Kier molecular flexibility index (Phi) is 4.16. The topological polar surface area (TPSA) is 81.7 Å². The van der Waals surface area contributed by atoms with Gasteiger partial charge < -0.3 is 5.11 Å². The molecule has 0 saturated heterocycles. The summed E-state index contributed by atoms with van der Waals surface area (Å²) in [5, 5.41) is 22.7. The lowest BCUT2D eigenvalue weighted by Gasteiger charge is -2.00. The van der Waals surface area contributed by atoms with Crippen LogP contribution in [0, 0.1) is 5.82 Å². The molecule has 0 radical (unpaired) electrons. The van der Waals surface area contributed by atoms with Gasteiger partial charge in [0.25, 0.3) is 0 Å². The van der Waals surface area contributed by atoms with Crippen molar-refractivity contribution in [1.82, 2.24) is 29.8 Å². The number of aliphatic hydroxyl groups excluding tert-OH is 1. The molecule has 0 aliphatic carbocycles. The minimum atomic E-state index is -0.700. The largest absolute Gasteiger partial charge is 0.385 e. The minimum absolute atomic E-state index is 0.315. The minimum Gasteiger partial charge on any atom is -0.385 e. The van der Waals surface area contributed by atoms with Gasteiger partial charge in [0.15, 0.2) is 17.3 Å². The van der Waals surface area contributed by atoms with Gasteiger partial charge in [0, 0.05) is 6.54 Å². The van der Waals surface area contributed by atoms with Crippen molar-refractivity contribution in [1.29, 1.82) is 0 Å². The summed E-state index contributed by atoms with van der Waals surface area (Å²) in [7, 11) is 0. The summed E-state index contributed by atoms with van der Waals surface area (Å²) in [6, 6.07) is 5.89. The zero-order valence-corrected chi connectivity index (χ0v) is 12.9. The van der Waals surface area contributed by atoms with Crippen LogP contribution >= 0.6 is 0 Å². The second-order valence-electron chi connectivity index (χ2n) is 5.03. The molecule has 1 N–H and O–H groups in total. The predicted molar refractivity (Wildman–Crippen MR) is 81.3 cm³/mol. The molecule has 3 rings (SSSR count). The third-order valence-corrected chi connectivity index (χ3v) is 3.45. The maximum atomic E-state index is 13.0. The number of aryl methyl sites for hydroxylation is 1. The van der Waals surface area contributed by atoms with Gasteiger partial charge in [0.1, 0.15) is 11.9 Å². The molecule has 1 unspecified atom stereocenters. The molecule has 7 nitrogen and oxygen atoms in total. The summed E-state index contributed by atoms with van der Waals surface area (Å²) in [4.78, 5) is 5.77. The number of benzene rings is 1. The van der Waals surface area contributed by atoms with E-state index < -0.39 is 6.10 Å². The van der Waals surface area contributed by atoms with Crippen molar-refractivity contribution < 1.29 is 9.50 Å². The number of nitrogens with zero attached hydrogens (tertiary/aromatic N) is 6. The highest BCUT2D eigenvalue weighted by Gasteiger charge is 2.18. The molecule has 0 fully saturated rings. The number of halogens is 1. The number of hydrogen-bond acceptors (Lipinski definition) is 5. The van der Waals surface area contributed by atoms with E-state index in [2.05, 4.69) is 20.3 Å². The van der Waals surface area contributed by atoms with E-state index in [9.17, 15) is 9.50 Å². The Hall–Kier alpha value is -2.61. The lowest BCUT2D eigenvalue weighted by atomic mass is 10.3. The van der Waals surface area contributed by atoms with Gasteiger partial charge in [-0.05, 0) is 37.6 Å². The summed E-state index contributed by atoms with van der Waals surface area (Å²) in [6.45, 7) is 4.40.